The van der Waals surface area contributed by atoms with Crippen LogP contribution in [0.3, 0.4) is 0 Å². The van der Waals surface area contributed by atoms with Crippen molar-refractivity contribution in [2.45, 2.75) is 6.42 Å². The largest absolute Gasteiger partial charge is 0.497 e. The van der Waals surface area contributed by atoms with E-state index < -0.39 is 11.9 Å². The van der Waals surface area contributed by atoms with Crippen LogP contribution in [0.5, 0.6) is 5.75 Å². The van der Waals surface area contributed by atoms with E-state index in [0.717, 1.165) is 11.3 Å². The molecule has 0 aromatic heterocycles. The van der Waals surface area contributed by atoms with Crippen molar-refractivity contribution in [2.75, 3.05) is 19.4 Å². The Balaban J connectivity index is 1.76. The Kier molecular flexibility index (Phi) is 5.57. The molecule has 6 heteroatoms. The number of imide groups is 1. The van der Waals surface area contributed by atoms with Crippen LogP contribution in [0.4, 0.5) is 10.5 Å². The normalized spacial score (nSPS) is 9.96. The molecular formula is C17H19N3O3. The number of nitrogens with one attached hydrogen (secondary N) is 2. The second-order valence-electron chi connectivity index (χ2n) is 4.93. The van der Waals surface area contributed by atoms with Crippen LogP contribution in [0, 0.1) is 0 Å². The molecule has 2 rings (SSSR count). The van der Waals surface area contributed by atoms with Gasteiger partial charge in [-0.05, 0) is 48.4 Å². The number of amides is 3. The molecule has 0 aliphatic carbocycles. The van der Waals surface area contributed by atoms with E-state index >= 15 is 0 Å². The van der Waals surface area contributed by atoms with E-state index in [1.54, 1.807) is 31.4 Å². The van der Waals surface area contributed by atoms with E-state index in [1.165, 1.54) is 0 Å². The number of methoxy groups -OCH3 is 1. The van der Waals surface area contributed by atoms with Crippen LogP contribution >= 0.6 is 0 Å². The summed E-state index contributed by atoms with van der Waals surface area (Å²) in [5.41, 5.74) is 7.55. The number of anilines is 1. The Morgan fingerprint density at radius 1 is 1.04 bits per heavy atom. The summed E-state index contributed by atoms with van der Waals surface area (Å²) < 4.78 is 5.08. The molecule has 0 aliphatic heterocycles. The van der Waals surface area contributed by atoms with Crippen molar-refractivity contribution in [3.63, 3.8) is 0 Å². The summed E-state index contributed by atoms with van der Waals surface area (Å²) in [5, 5.41) is 4.92. The first-order chi connectivity index (χ1) is 11.1. The summed E-state index contributed by atoms with van der Waals surface area (Å²) in [7, 11) is 1.61. The third kappa shape index (κ3) is 5.03. The molecule has 2 aromatic rings. The van der Waals surface area contributed by atoms with E-state index in [2.05, 4.69) is 10.6 Å². The van der Waals surface area contributed by atoms with E-state index in [4.69, 9.17) is 10.5 Å². The van der Waals surface area contributed by atoms with Crippen LogP contribution in [0.15, 0.2) is 48.5 Å². The van der Waals surface area contributed by atoms with Crippen molar-refractivity contribution in [2.24, 2.45) is 0 Å². The first-order valence-electron chi connectivity index (χ1n) is 7.16. The lowest BCUT2D eigenvalue weighted by Crippen LogP contribution is -2.40. The van der Waals surface area contributed by atoms with Gasteiger partial charge in [0, 0.05) is 17.8 Å². The standard InChI is InChI=1S/C17H19N3O3/c1-23-15-8-2-12(3-9-15)10-11-19-17(22)20-16(21)13-4-6-14(18)7-5-13/h2-9H,10-11,18H2,1H3,(H2,19,20,21,22). The molecule has 0 spiro atoms. The third-order valence-electron chi connectivity index (χ3n) is 3.26. The van der Waals surface area contributed by atoms with Crippen molar-refractivity contribution in [1.29, 1.82) is 0 Å². The van der Waals surface area contributed by atoms with Crippen molar-refractivity contribution < 1.29 is 14.3 Å². The van der Waals surface area contributed by atoms with E-state index in [0.29, 0.717) is 24.2 Å². The average molecular weight is 313 g/mol. The Bertz CT molecular complexity index is 666. The number of carbonyl (C=O) groups excluding carboxylic acids is 2. The molecule has 0 bridgehead atoms. The highest BCUT2D eigenvalue weighted by Gasteiger charge is 2.09. The fourth-order valence-corrected chi connectivity index (χ4v) is 1.97. The molecule has 0 fully saturated rings. The Morgan fingerprint density at radius 2 is 1.70 bits per heavy atom. The smallest absolute Gasteiger partial charge is 0.321 e. The minimum absolute atomic E-state index is 0.379. The highest BCUT2D eigenvalue weighted by atomic mass is 16.5. The molecule has 120 valence electrons. The first-order valence-corrected chi connectivity index (χ1v) is 7.16. The maximum absolute atomic E-state index is 11.8. The lowest BCUT2D eigenvalue weighted by atomic mass is 10.1. The zero-order valence-corrected chi connectivity index (χ0v) is 12.8. The molecule has 23 heavy (non-hydrogen) atoms. The quantitative estimate of drug-likeness (QED) is 0.736. The molecule has 0 saturated carbocycles. The molecule has 0 saturated heterocycles. The SMILES string of the molecule is COc1ccc(CCNC(=O)NC(=O)c2ccc(N)cc2)cc1. The number of hydrogen-bond acceptors (Lipinski definition) is 4. The van der Waals surface area contributed by atoms with Crippen molar-refractivity contribution >= 4 is 17.6 Å². The predicted octanol–water partition coefficient (Wildman–Crippen LogP) is 1.96. The minimum Gasteiger partial charge on any atom is -0.497 e. The summed E-state index contributed by atoms with van der Waals surface area (Å²) in [4.78, 5) is 23.5. The zero-order chi connectivity index (χ0) is 16.7. The lowest BCUT2D eigenvalue weighted by molar-refractivity contribution is 0.0964. The Hall–Kier alpha value is -3.02. The number of hydrogen-bond donors (Lipinski definition) is 3. The third-order valence-corrected chi connectivity index (χ3v) is 3.26. The van der Waals surface area contributed by atoms with Crippen molar-refractivity contribution in [3.8, 4) is 5.75 Å². The Labute approximate surface area is 134 Å². The topological polar surface area (TPSA) is 93.5 Å². The molecule has 2 aromatic carbocycles. The van der Waals surface area contributed by atoms with Gasteiger partial charge >= 0.3 is 6.03 Å². The van der Waals surface area contributed by atoms with Crippen LogP contribution in [-0.2, 0) is 6.42 Å². The summed E-state index contributed by atoms with van der Waals surface area (Å²) in [5.74, 6) is 0.320. The summed E-state index contributed by atoms with van der Waals surface area (Å²) in [6, 6.07) is 13.4. The number of carbonyl (C=O) groups is 2. The molecule has 0 atom stereocenters. The average Bonchev–Trinajstić information content (AvgIpc) is 2.56. The number of benzene rings is 2. The van der Waals surface area contributed by atoms with Gasteiger partial charge in [-0.1, -0.05) is 12.1 Å². The highest BCUT2D eigenvalue weighted by Crippen LogP contribution is 2.11. The number of nitrogen functional groups attached to an aromatic ring is 1. The maximum Gasteiger partial charge on any atom is 0.321 e. The molecule has 6 nitrogen and oxygen atoms in total. The van der Waals surface area contributed by atoms with Gasteiger partial charge in [0.15, 0.2) is 0 Å². The second-order valence-corrected chi connectivity index (χ2v) is 4.93. The van der Waals surface area contributed by atoms with Crippen molar-refractivity contribution in [1.82, 2.24) is 10.6 Å². The van der Waals surface area contributed by atoms with Gasteiger partial charge in [0.1, 0.15) is 5.75 Å². The van der Waals surface area contributed by atoms with Crippen LogP contribution in [-0.4, -0.2) is 25.6 Å². The van der Waals surface area contributed by atoms with Gasteiger partial charge < -0.3 is 15.8 Å². The van der Waals surface area contributed by atoms with Gasteiger partial charge in [-0.15, -0.1) is 0 Å². The fraction of sp³-hybridized carbons (Fsp3) is 0.176. The molecule has 0 aliphatic rings. The number of ether oxygens (including phenoxy) is 1. The molecule has 3 amide bonds. The molecular weight excluding hydrogens is 294 g/mol. The molecule has 0 heterocycles. The lowest BCUT2D eigenvalue weighted by Gasteiger charge is -2.07. The summed E-state index contributed by atoms with van der Waals surface area (Å²) in [6.07, 6.45) is 0.660. The first kappa shape index (κ1) is 16.4. The number of urea groups is 1. The summed E-state index contributed by atoms with van der Waals surface area (Å²) >= 11 is 0. The van der Waals surface area contributed by atoms with Crippen LogP contribution in [0.1, 0.15) is 15.9 Å². The maximum atomic E-state index is 11.8. The van der Waals surface area contributed by atoms with E-state index in [-0.39, 0.29) is 0 Å². The number of rotatable bonds is 5. The molecule has 4 N–H and O–H groups in total. The second kappa shape index (κ2) is 7.84. The monoisotopic (exact) mass is 313 g/mol. The fourth-order valence-electron chi connectivity index (χ4n) is 1.97. The zero-order valence-electron chi connectivity index (χ0n) is 12.8. The van der Waals surface area contributed by atoms with Gasteiger partial charge in [-0.2, -0.15) is 0 Å². The van der Waals surface area contributed by atoms with Gasteiger partial charge in [0.25, 0.3) is 5.91 Å². The van der Waals surface area contributed by atoms with Crippen LogP contribution < -0.4 is 21.1 Å². The number of nitrogens with two attached hydrogens (primary N) is 1. The molecule has 0 unspecified atom stereocenters. The van der Waals surface area contributed by atoms with Crippen LogP contribution in [0.25, 0.3) is 0 Å². The van der Waals surface area contributed by atoms with E-state index in [1.807, 2.05) is 24.3 Å². The van der Waals surface area contributed by atoms with Gasteiger partial charge in [0.2, 0.25) is 0 Å². The van der Waals surface area contributed by atoms with Gasteiger partial charge in [-0.25, -0.2) is 4.79 Å². The predicted molar refractivity (Wildman–Crippen MR) is 88.4 cm³/mol. The Morgan fingerprint density at radius 3 is 2.30 bits per heavy atom. The summed E-state index contributed by atoms with van der Waals surface area (Å²) in [6.45, 7) is 0.424. The van der Waals surface area contributed by atoms with Gasteiger partial charge in [0.05, 0.1) is 7.11 Å². The van der Waals surface area contributed by atoms with Crippen molar-refractivity contribution in [3.05, 3.63) is 59.7 Å². The van der Waals surface area contributed by atoms with Crippen LogP contribution in [0.2, 0.25) is 0 Å². The van der Waals surface area contributed by atoms with Gasteiger partial charge in [-0.3, -0.25) is 10.1 Å². The highest BCUT2D eigenvalue weighted by molar-refractivity contribution is 6.04. The molecule has 0 radical (unpaired) electrons. The van der Waals surface area contributed by atoms with E-state index in [9.17, 15) is 9.59 Å². The minimum atomic E-state index is -0.527.